The van der Waals surface area contributed by atoms with Crippen LogP contribution in [0.1, 0.15) is 43.7 Å². The first-order chi connectivity index (χ1) is 9.23. The molecule has 2 bridgehead atoms. The normalized spacial score (nSPS) is 29.1. The zero-order valence-corrected chi connectivity index (χ0v) is 12.3. The number of nitrogens with one attached hydrogen (secondary N) is 1. The lowest BCUT2D eigenvalue weighted by Crippen LogP contribution is -2.37. The molecule has 2 aliphatic heterocycles. The Morgan fingerprint density at radius 2 is 2.32 bits per heavy atom. The third-order valence-electron chi connectivity index (χ3n) is 4.43. The number of morpholine rings is 1. The van der Waals surface area contributed by atoms with Gasteiger partial charge in [-0.1, -0.05) is 43.5 Å². The number of aryl methyl sites for hydroxylation is 1. The molecular formula is C16H22ClNO. The number of unbranched alkanes of at least 4 members (excludes halogenated alkanes) is 2. The van der Waals surface area contributed by atoms with Gasteiger partial charge in [0, 0.05) is 17.6 Å². The molecule has 0 saturated carbocycles. The van der Waals surface area contributed by atoms with Crippen LogP contribution in [0.2, 0.25) is 5.02 Å². The standard InChI is InChI=1S/C16H22ClNO/c1-2-3-4-5-12-8-13(6-7-15(12)17)16-9-14(10-19-16)18-11-16/h6-8,14,18H,2-5,9-11H2,1H3. The Morgan fingerprint density at radius 3 is 2.95 bits per heavy atom. The minimum absolute atomic E-state index is 0.0885. The van der Waals surface area contributed by atoms with Crippen LogP contribution in [0.5, 0.6) is 0 Å². The van der Waals surface area contributed by atoms with E-state index in [9.17, 15) is 0 Å². The van der Waals surface area contributed by atoms with Crippen molar-refractivity contribution < 1.29 is 4.74 Å². The molecule has 19 heavy (non-hydrogen) atoms. The quantitative estimate of drug-likeness (QED) is 0.831. The van der Waals surface area contributed by atoms with E-state index in [4.69, 9.17) is 16.3 Å². The molecule has 0 aromatic heterocycles. The van der Waals surface area contributed by atoms with Crippen LogP contribution in [0.4, 0.5) is 0 Å². The van der Waals surface area contributed by atoms with Crippen LogP contribution in [0.25, 0.3) is 0 Å². The third kappa shape index (κ3) is 2.54. The zero-order chi connectivity index (χ0) is 13.3. The number of halogens is 1. The second-order valence-electron chi connectivity index (χ2n) is 5.85. The van der Waals surface area contributed by atoms with Gasteiger partial charge in [-0.2, -0.15) is 0 Å². The Bertz CT molecular complexity index is 452. The molecule has 104 valence electrons. The van der Waals surface area contributed by atoms with Crippen molar-refractivity contribution in [3.63, 3.8) is 0 Å². The van der Waals surface area contributed by atoms with E-state index in [2.05, 4.69) is 24.4 Å². The molecule has 0 radical (unpaired) electrons. The summed E-state index contributed by atoms with van der Waals surface area (Å²) in [5, 5.41) is 4.42. The molecule has 0 amide bonds. The fourth-order valence-electron chi connectivity index (χ4n) is 3.26. The average Bonchev–Trinajstić information content (AvgIpc) is 3.03. The van der Waals surface area contributed by atoms with E-state index in [1.165, 1.54) is 30.4 Å². The maximum absolute atomic E-state index is 6.32. The Balaban J connectivity index is 1.81. The summed E-state index contributed by atoms with van der Waals surface area (Å²) in [6.07, 6.45) is 5.91. The Kier molecular flexibility index (Phi) is 3.84. The van der Waals surface area contributed by atoms with Crippen LogP contribution >= 0.6 is 11.6 Å². The fraction of sp³-hybridized carbons (Fsp3) is 0.625. The molecule has 2 atom stereocenters. The largest absolute Gasteiger partial charge is 0.367 e. The number of rotatable bonds is 5. The highest BCUT2D eigenvalue weighted by molar-refractivity contribution is 6.31. The highest BCUT2D eigenvalue weighted by Gasteiger charge is 2.47. The van der Waals surface area contributed by atoms with Crippen molar-refractivity contribution >= 4 is 11.6 Å². The number of benzene rings is 1. The summed E-state index contributed by atoms with van der Waals surface area (Å²) < 4.78 is 6.04. The van der Waals surface area contributed by atoms with Crippen LogP contribution in [0.15, 0.2) is 18.2 Å². The Labute approximate surface area is 120 Å². The van der Waals surface area contributed by atoms with E-state index in [1.807, 2.05) is 6.07 Å². The smallest absolute Gasteiger partial charge is 0.107 e. The summed E-state index contributed by atoms with van der Waals surface area (Å²) in [5.41, 5.74) is 2.49. The molecular weight excluding hydrogens is 258 g/mol. The maximum Gasteiger partial charge on any atom is 0.107 e. The van der Waals surface area contributed by atoms with Gasteiger partial charge in [-0.15, -0.1) is 0 Å². The van der Waals surface area contributed by atoms with E-state index >= 15 is 0 Å². The number of hydrogen-bond donors (Lipinski definition) is 1. The van der Waals surface area contributed by atoms with Gasteiger partial charge in [0.05, 0.1) is 6.61 Å². The molecule has 1 aromatic carbocycles. The van der Waals surface area contributed by atoms with Crippen LogP contribution < -0.4 is 5.32 Å². The highest BCUT2D eigenvalue weighted by Crippen LogP contribution is 2.41. The summed E-state index contributed by atoms with van der Waals surface area (Å²) in [6, 6.07) is 7.00. The van der Waals surface area contributed by atoms with Gasteiger partial charge < -0.3 is 10.1 Å². The summed E-state index contributed by atoms with van der Waals surface area (Å²) in [4.78, 5) is 0. The summed E-state index contributed by atoms with van der Waals surface area (Å²) in [6.45, 7) is 4.01. The van der Waals surface area contributed by atoms with Gasteiger partial charge in [0.1, 0.15) is 5.60 Å². The predicted octanol–water partition coefficient (Wildman–Crippen LogP) is 3.66. The van der Waals surface area contributed by atoms with Crippen molar-refractivity contribution in [1.82, 2.24) is 5.32 Å². The number of ether oxygens (including phenoxy) is 1. The van der Waals surface area contributed by atoms with E-state index in [0.717, 1.165) is 31.0 Å². The predicted molar refractivity (Wildman–Crippen MR) is 78.7 cm³/mol. The first-order valence-electron chi connectivity index (χ1n) is 7.40. The van der Waals surface area contributed by atoms with E-state index in [-0.39, 0.29) is 5.60 Å². The molecule has 2 heterocycles. The molecule has 1 N–H and O–H groups in total. The molecule has 3 rings (SSSR count). The van der Waals surface area contributed by atoms with Gasteiger partial charge in [-0.3, -0.25) is 0 Å². The second kappa shape index (κ2) is 5.43. The molecule has 2 fully saturated rings. The van der Waals surface area contributed by atoms with E-state index < -0.39 is 0 Å². The summed E-state index contributed by atoms with van der Waals surface area (Å²) >= 11 is 6.32. The van der Waals surface area contributed by atoms with Gasteiger partial charge in [-0.05, 0) is 36.5 Å². The van der Waals surface area contributed by atoms with Gasteiger partial charge in [-0.25, -0.2) is 0 Å². The van der Waals surface area contributed by atoms with Crippen molar-refractivity contribution in [3.05, 3.63) is 34.3 Å². The van der Waals surface area contributed by atoms with Crippen molar-refractivity contribution in [2.24, 2.45) is 0 Å². The lowest BCUT2D eigenvalue weighted by molar-refractivity contribution is -0.00963. The maximum atomic E-state index is 6.32. The Morgan fingerprint density at radius 1 is 1.42 bits per heavy atom. The first kappa shape index (κ1) is 13.4. The van der Waals surface area contributed by atoms with Crippen LogP contribution in [0.3, 0.4) is 0 Å². The fourth-order valence-corrected chi connectivity index (χ4v) is 3.47. The van der Waals surface area contributed by atoms with Gasteiger partial charge in [0.2, 0.25) is 0 Å². The number of fused-ring (bicyclic) bond motifs is 2. The van der Waals surface area contributed by atoms with Crippen molar-refractivity contribution in [3.8, 4) is 0 Å². The first-order valence-corrected chi connectivity index (χ1v) is 7.77. The molecule has 0 spiro atoms. The minimum atomic E-state index is -0.0885. The average molecular weight is 280 g/mol. The third-order valence-corrected chi connectivity index (χ3v) is 4.80. The van der Waals surface area contributed by atoms with Gasteiger partial charge >= 0.3 is 0 Å². The lowest BCUT2D eigenvalue weighted by atomic mass is 9.90. The van der Waals surface area contributed by atoms with Crippen LogP contribution in [-0.2, 0) is 16.8 Å². The lowest BCUT2D eigenvalue weighted by Gasteiger charge is -2.28. The van der Waals surface area contributed by atoms with Crippen LogP contribution in [-0.4, -0.2) is 19.2 Å². The van der Waals surface area contributed by atoms with Crippen molar-refractivity contribution in [1.29, 1.82) is 0 Å². The van der Waals surface area contributed by atoms with Crippen molar-refractivity contribution in [2.45, 2.75) is 50.7 Å². The van der Waals surface area contributed by atoms with Gasteiger partial charge in [0.15, 0.2) is 0 Å². The topological polar surface area (TPSA) is 21.3 Å². The van der Waals surface area contributed by atoms with E-state index in [1.54, 1.807) is 0 Å². The zero-order valence-electron chi connectivity index (χ0n) is 11.5. The van der Waals surface area contributed by atoms with Crippen LogP contribution in [0, 0.1) is 0 Å². The number of hydrogen-bond acceptors (Lipinski definition) is 2. The minimum Gasteiger partial charge on any atom is -0.367 e. The highest BCUT2D eigenvalue weighted by atomic mass is 35.5. The van der Waals surface area contributed by atoms with Gasteiger partial charge in [0.25, 0.3) is 0 Å². The molecule has 2 aliphatic rings. The van der Waals surface area contributed by atoms with Crippen molar-refractivity contribution in [2.75, 3.05) is 13.2 Å². The molecule has 2 unspecified atom stereocenters. The molecule has 1 aromatic rings. The molecule has 0 aliphatic carbocycles. The Hall–Kier alpha value is -0.570. The van der Waals surface area contributed by atoms with E-state index in [0.29, 0.717) is 6.04 Å². The monoisotopic (exact) mass is 279 g/mol. The summed E-state index contributed by atoms with van der Waals surface area (Å²) in [5.74, 6) is 0. The second-order valence-corrected chi connectivity index (χ2v) is 6.26. The SMILES string of the molecule is CCCCCc1cc(C23CNC(CO2)C3)ccc1Cl. The molecule has 2 saturated heterocycles. The summed E-state index contributed by atoms with van der Waals surface area (Å²) in [7, 11) is 0. The molecule has 2 nitrogen and oxygen atoms in total. The molecule has 3 heteroatoms.